The summed E-state index contributed by atoms with van der Waals surface area (Å²) in [6, 6.07) is 7.88. The van der Waals surface area contributed by atoms with Crippen LogP contribution in [0.25, 0.3) is 0 Å². The topological polar surface area (TPSA) is 126 Å². The number of nitrogens with two attached hydrogens (primary N) is 1. The zero-order chi connectivity index (χ0) is 21.7. The van der Waals surface area contributed by atoms with E-state index in [1.165, 1.54) is 6.08 Å². The fourth-order valence-electron chi connectivity index (χ4n) is 3.56. The van der Waals surface area contributed by atoms with E-state index in [9.17, 15) is 9.59 Å². The predicted octanol–water partition coefficient (Wildman–Crippen LogP) is 2.07. The molecular weight excluding hydrogens is 382 g/mol. The van der Waals surface area contributed by atoms with Crippen molar-refractivity contribution in [2.75, 3.05) is 17.3 Å². The number of carbonyl (C=O) groups excluding carboxylic acids is 2. The molecule has 0 spiro atoms. The van der Waals surface area contributed by atoms with E-state index in [2.05, 4.69) is 32.4 Å². The molecule has 2 atom stereocenters. The Labute approximate surface area is 175 Å². The lowest BCUT2D eigenvalue weighted by atomic mass is 9.90. The Morgan fingerprint density at radius 1 is 1.23 bits per heavy atom. The van der Waals surface area contributed by atoms with Gasteiger partial charge >= 0.3 is 0 Å². The van der Waals surface area contributed by atoms with E-state index < -0.39 is 5.91 Å². The molecule has 2 amide bonds. The molecule has 9 nitrogen and oxygen atoms in total. The van der Waals surface area contributed by atoms with E-state index in [0.717, 1.165) is 36.9 Å². The standard InChI is InChI=1S/C21H27N7O2/c1-4-17(29)23-15-6-5-7-16(12-15)28(3)21-25-20(18(19(22)30)26-27-21)24-14-10-8-13(2)9-11-14/h4,8-11,15-16H,1,5-7,12H2,2-3H3,(H2,22,30)(H,23,29)(H,24,25,27)/t15?,16-/m1/s1. The molecule has 0 saturated heterocycles. The maximum absolute atomic E-state index is 11.8. The van der Waals surface area contributed by atoms with Crippen LogP contribution in [0.1, 0.15) is 41.7 Å². The molecule has 3 rings (SSSR count). The van der Waals surface area contributed by atoms with E-state index in [1.807, 2.05) is 43.1 Å². The minimum absolute atomic E-state index is 0.0208. The number of hydrogen-bond acceptors (Lipinski definition) is 7. The molecule has 1 aromatic heterocycles. The molecule has 30 heavy (non-hydrogen) atoms. The Balaban J connectivity index is 1.81. The predicted molar refractivity (Wildman–Crippen MR) is 116 cm³/mol. The summed E-state index contributed by atoms with van der Waals surface area (Å²) in [4.78, 5) is 29.9. The molecule has 9 heteroatoms. The molecule has 2 aromatic rings. The van der Waals surface area contributed by atoms with Crippen LogP contribution in [0.2, 0.25) is 0 Å². The highest BCUT2D eigenvalue weighted by Gasteiger charge is 2.28. The molecule has 1 aliphatic rings. The number of primary amides is 1. The molecule has 0 aliphatic heterocycles. The van der Waals surface area contributed by atoms with Gasteiger partial charge in [0.25, 0.3) is 5.91 Å². The maximum Gasteiger partial charge on any atom is 0.273 e. The summed E-state index contributed by atoms with van der Waals surface area (Å²) in [7, 11) is 1.89. The van der Waals surface area contributed by atoms with Crippen LogP contribution in [-0.4, -0.2) is 46.1 Å². The third-order valence-corrected chi connectivity index (χ3v) is 5.26. The molecule has 1 aromatic carbocycles. The molecule has 4 N–H and O–H groups in total. The van der Waals surface area contributed by atoms with Crippen molar-refractivity contribution >= 4 is 29.3 Å². The number of aryl methyl sites for hydroxylation is 1. The first-order chi connectivity index (χ1) is 14.4. The third-order valence-electron chi connectivity index (χ3n) is 5.26. The Morgan fingerprint density at radius 3 is 2.63 bits per heavy atom. The van der Waals surface area contributed by atoms with Gasteiger partial charge in [0, 0.05) is 24.8 Å². The van der Waals surface area contributed by atoms with Gasteiger partial charge in [-0.25, -0.2) is 0 Å². The fraction of sp³-hybridized carbons (Fsp3) is 0.381. The molecule has 1 unspecified atom stereocenters. The van der Waals surface area contributed by atoms with Crippen LogP contribution in [0.4, 0.5) is 17.5 Å². The van der Waals surface area contributed by atoms with Crippen LogP contribution in [0.15, 0.2) is 36.9 Å². The summed E-state index contributed by atoms with van der Waals surface area (Å²) in [6.07, 6.45) is 4.88. The first-order valence-corrected chi connectivity index (χ1v) is 9.91. The minimum atomic E-state index is -0.705. The quantitative estimate of drug-likeness (QED) is 0.598. The number of amides is 2. The second kappa shape index (κ2) is 9.34. The van der Waals surface area contributed by atoms with Gasteiger partial charge in [0.15, 0.2) is 11.5 Å². The Hall–Kier alpha value is -3.49. The summed E-state index contributed by atoms with van der Waals surface area (Å²) >= 11 is 0. The smallest absolute Gasteiger partial charge is 0.273 e. The molecule has 1 fully saturated rings. The van der Waals surface area contributed by atoms with Crippen LogP contribution in [0.3, 0.4) is 0 Å². The highest BCUT2D eigenvalue weighted by Crippen LogP contribution is 2.26. The summed E-state index contributed by atoms with van der Waals surface area (Å²) in [5, 5.41) is 14.2. The van der Waals surface area contributed by atoms with E-state index >= 15 is 0 Å². The minimum Gasteiger partial charge on any atom is -0.364 e. The van der Waals surface area contributed by atoms with Crippen LogP contribution < -0.4 is 21.3 Å². The zero-order valence-corrected chi connectivity index (χ0v) is 17.3. The number of rotatable bonds is 7. The molecule has 0 bridgehead atoms. The Kier molecular flexibility index (Phi) is 6.61. The van der Waals surface area contributed by atoms with Crippen LogP contribution >= 0.6 is 0 Å². The van der Waals surface area contributed by atoms with Crippen molar-refractivity contribution in [3.63, 3.8) is 0 Å². The summed E-state index contributed by atoms with van der Waals surface area (Å²) in [5.74, 6) is -0.230. The fourth-order valence-corrected chi connectivity index (χ4v) is 3.56. The number of anilines is 3. The second-order valence-electron chi connectivity index (χ2n) is 7.51. The first-order valence-electron chi connectivity index (χ1n) is 9.91. The first kappa shape index (κ1) is 21.2. The number of nitrogens with one attached hydrogen (secondary N) is 2. The monoisotopic (exact) mass is 409 g/mol. The number of carbonyl (C=O) groups is 2. The van der Waals surface area contributed by atoms with Crippen LogP contribution in [0.5, 0.6) is 0 Å². The number of aromatic nitrogens is 3. The average Bonchev–Trinajstić information content (AvgIpc) is 2.74. The summed E-state index contributed by atoms with van der Waals surface area (Å²) in [6.45, 7) is 5.50. The highest BCUT2D eigenvalue weighted by molar-refractivity contribution is 5.96. The van der Waals surface area contributed by atoms with Crippen LogP contribution in [0, 0.1) is 6.92 Å². The van der Waals surface area contributed by atoms with Gasteiger partial charge in [0.2, 0.25) is 11.9 Å². The second-order valence-corrected chi connectivity index (χ2v) is 7.51. The SMILES string of the molecule is C=CC(=O)NC1CCC[C@@H](N(C)c2nnc(C(N)=O)c(Nc3ccc(C)cc3)n2)C1. The number of hydrogen-bond donors (Lipinski definition) is 3. The van der Waals surface area contributed by atoms with Crippen molar-refractivity contribution in [3.8, 4) is 0 Å². The van der Waals surface area contributed by atoms with Crippen molar-refractivity contribution in [2.45, 2.75) is 44.7 Å². The van der Waals surface area contributed by atoms with Gasteiger partial charge in [-0.15, -0.1) is 10.2 Å². The molecule has 1 aliphatic carbocycles. The van der Waals surface area contributed by atoms with E-state index in [1.54, 1.807) is 0 Å². The van der Waals surface area contributed by atoms with Gasteiger partial charge in [-0.1, -0.05) is 24.3 Å². The summed E-state index contributed by atoms with van der Waals surface area (Å²) < 4.78 is 0. The zero-order valence-electron chi connectivity index (χ0n) is 17.3. The number of nitrogens with zero attached hydrogens (tertiary/aromatic N) is 4. The number of benzene rings is 1. The van der Waals surface area contributed by atoms with Crippen molar-refractivity contribution in [3.05, 3.63) is 48.2 Å². The van der Waals surface area contributed by atoms with Gasteiger partial charge < -0.3 is 21.3 Å². The Morgan fingerprint density at radius 2 is 1.97 bits per heavy atom. The van der Waals surface area contributed by atoms with E-state index in [0.29, 0.717) is 5.95 Å². The summed E-state index contributed by atoms with van der Waals surface area (Å²) in [5.41, 5.74) is 7.32. The molecule has 1 saturated carbocycles. The highest BCUT2D eigenvalue weighted by atomic mass is 16.2. The molecule has 1 heterocycles. The van der Waals surface area contributed by atoms with Crippen molar-refractivity contribution < 1.29 is 9.59 Å². The third kappa shape index (κ3) is 5.11. The van der Waals surface area contributed by atoms with Gasteiger partial charge in [-0.3, -0.25) is 9.59 Å². The van der Waals surface area contributed by atoms with Gasteiger partial charge in [-0.2, -0.15) is 4.98 Å². The van der Waals surface area contributed by atoms with Crippen molar-refractivity contribution in [2.24, 2.45) is 5.73 Å². The van der Waals surface area contributed by atoms with Crippen LogP contribution in [-0.2, 0) is 4.79 Å². The van der Waals surface area contributed by atoms with Crippen molar-refractivity contribution in [1.82, 2.24) is 20.5 Å². The maximum atomic E-state index is 11.8. The largest absolute Gasteiger partial charge is 0.364 e. The lowest BCUT2D eigenvalue weighted by Gasteiger charge is -2.35. The van der Waals surface area contributed by atoms with E-state index in [4.69, 9.17) is 5.73 Å². The average molecular weight is 409 g/mol. The van der Waals surface area contributed by atoms with Gasteiger partial charge in [0.05, 0.1) is 0 Å². The molecular formula is C21H27N7O2. The van der Waals surface area contributed by atoms with Gasteiger partial charge in [-0.05, 0) is 50.8 Å². The normalized spacial score (nSPS) is 18.3. The lowest BCUT2D eigenvalue weighted by Crippen LogP contribution is -2.45. The van der Waals surface area contributed by atoms with Crippen molar-refractivity contribution in [1.29, 1.82) is 0 Å². The van der Waals surface area contributed by atoms with E-state index in [-0.39, 0.29) is 29.5 Å². The molecule has 158 valence electrons. The lowest BCUT2D eigenvalue weighted by molar-refractivity contribution is -0.117. The molecule has 0 radical (unpaired) electrons. The van der Waals surface area contributed by atoms with Gasteiger partial charge in [0.1, 0.15) is 0 Å². The Bertz CT molecular complexity index is 929.